The van der Waals surface area contributed by atoms with E-state index >= 15 is 0 Å². The standard InChI is InChI=1S/C18H26N2O/c1-2-12-6-3-4-9-16(12)20-18(21)15-10-13-7-5-8-14(11-15)17(13)19/h3-4,6,9,13-15,17H,2,5,7-8,10-11,19H2,1H3,(H,20,21). The van der Waals surface area contributed by atoms with Crippen molar-refractivity contribution < 1.29 is 4.79 Å². The van der Waals surface area contributed by atoms with Crippen molar-refractivity contribution in [1.82, 2.24) is 0 Å². The van der Waals surface area contributed by atoms with E-state index in [4.69, 9.17) is 5.73 Å². The zero-order chi connectivity index (χ0) is 14.8. The van der Waals surface area contributed by atoms with E-state index in [9.17, 15) is 4.79 Å². The monoisotopic (exact) mass is 286 g/mol. The van der Waals surface area contributed by atoms with Gasteiger partial charge in [-0.15, -0.1) is 0 Å². The second-order valence-corrected chi connectivity index (χ2v) is 6.70. The molecule has 2 fully saturated rings. The number of carbonyl (C=O) groups is 1. The molecule has 3 rings (SSSR count). The zero-order valence-corrected chi connectivity index (χ0v) is 12.8. The third kappa shape index (κ3) is 2.98. The number of amides is 1. The summed E-state index contributed by atoms with van der Waals surface area (Å²) in [5.74, 6) is 1.44. The van der Waals surface area contributed by atoms with Crippen LogP contribution in [-0.4, -0.2) is 11.9 Å². The highest BCUT2D eigenvalue weighted by Gasteiger charge is 2.40. The fraction of sp³-hybridized carbons (Fsp3) is 0.611. The van der Waals surface area contributed by atoms with Gasteiger partial charge in [0.2, 0.25) is 5.91 Å². The van der Waals surface area contributed by atoms with E-state index in [0.717, 1.165) is 24.9 Å². The predicted octanol–water partition coefficient (Wildman–Crippen LogP) is 3.34. The van der Waals surface area contributed by atoms with Crippen LogP contribution in [0.2, 0.25) is 0 Å². The summed E-state index contributed by atoms with van der Waals surface area (Å²) < 4.78 is 0. The summed E-state index contributed by atoms with van der Waals surface area (Å²) in [6.07, 6.45) is 6.57. The Morgan fingerprint density at radius 1 is 1.24 bits per heavy atom. The summed E-state index contributed by atoms with van der Waals surface area (Å²) in [5.41, 5.74) is 8.50. The average molecular weight is 286 g/mol. The molecule has 2 aliphatic carbocycles. The van der Waals surface area contributed by atoms with Crippen molar-refractivity contribution in [3.05, 3.63) is 29.8 Å². The molecule has 0 aliphatic heterocycles. The maximum absolute atomic E-state index is 12.6. The van der Waals surface area contributed by atoms with E-state index in [1.165, 1.54) is 24.8 Å². The molecule has 3 N–H and O–H groups in total. The maximum atomic E-state index is 12.6. The lowest BCUT2D eigenvalue weighted by molar-refractivity contribution is -0.122. The minimum Gasteiger partial charge on any atom is -0.327 e. The van der Waals surface area contributed by atoms with Gasteiger partial charge in [0, 0.05) is 17.6 Å². The van der Waals surface area contributed by atoms with Gasteiger partial charge < -0.3 is 11.1 Å². The Hall–Kier alpha value is -1.35. The van der Waals surface area contributed by atoms with E-state index in [2.05, 4.69) is 18.3 Å². The summed E-state index contributed by atoms with van der Waals surface area (Å²) in [6, 6.07) is 8.43. The fourth-order valence-electron chi connectivity index (χ4n) is 4.19. The molecule has 2 bridgehead atoms. The number of rotatable bonds is 3. The Kier molecular flexibility index (Phi) is 4.29. The van der Waals surface area contributed by atoms with Crippen LogP contribution in [0.1, 0.15) is 44.6 Å². The summed E-state index contributed by atoms with van der Waals surface area (Å²) in [7, 11) is 0. The van der Waals surface area contributed by atoms with Crippen LogP contribution in [0.15, 0.2) is 24.3 Å². The number of fused-ring (bicyclic) bond motifs is 2. The molecule has 3 heteroatoms. The van der Waals surface area contributed by atoms with Crippen LogP contribution in [0.3, 0.4) is 0 Å². The number of benzene rings is 1. The van der Waals surface area contributed by atoms with Crippen molar-refractivity contribution in [1.29, 1.82) is 0 Å². The van der Waals surface area contributed by atoms with Gasteiger partial charge in [-0.3, -0.25) is 4.79 Å². The molecule has 0 spiro atoms. The lowest BCUT2D eigenvalue weighted by atomic mass is 9.65. The molecule has 0 aromatic heterocycles. The first kappa shape index (κ1) is 14.6. The number of aryl methyl sites for hydroxylation is 1. The summed E-state index contributed by atoms with van der Waals surface area (Å²) in [4.78, 5) is 12.6. The molecule has 2 aliphatic rings. The van der Waals surface area contributed by atoms with Gasteiger partial charge in [-0.05, 0) is 55.6 Å². The highest BCUT2D eigenvalue weighted by Crippen LogP contribution is 2.42. The van der Waals surface area contributed by atoms with E-state index in [1.807, 2.05) is 18.2 Å². The molecule has 2 unspecified atom stereocenters. The molecule has 1 aromatic carbocycles. The van der Waals surface area contributed by atoms with Crippen molar-refractivity contribution in [2.75, 3.05) is 5.32 Å². The topological polar surface area (TPSA) is 55.1 Å². The second-order valence-electron chi connectivity index (χ2n) is 6.70. The molecular formula is C18H26N2O. The van der Waals surface area contributed by atoms with E-state index in [-0.39, 0.29) is 11.8 Å². The third-order valence-electron chi connectivity index (χ3n) is 5.44. The van der Waals surface area contributed by atoms with Gasteiger partial charge in [-0.2, -0.15) is 0 Å². The summed E-state index contributed by atoms with van der Waals surface area (Å²) >= 11 is 0. The molecule has 21 heavy (non-hydrogen) atoms. The van der Waals surface area contributed by atoms with Crippen molar-refractivity contribution in [3.8, 4) is 0 Å². The van der Waals surface area contributed by atoms with Gasteiger partial charge in [-0.25, -0.2) is 0 Å². The molecule has 0 heterocycles. The molecule has 3 nitrogen and oxygen atoms in total. The number of para-hydroxylation sites is 1. The van der Waals surface area contributed by atoms with Crippen LogP contribution in [-0.2, 0) is 11.2 Å². The number of hydrogen-bond acceptors (Lipinski definition) is 2. The van der Waals surface area contributed by atoms with Crippen molar-refractivity contribution in [3.63, 3.8) is 0 Å². The maximum Gasteiger partial charge on any atom is 0.227 e. The van der Waals surface area contributed by atoms with E-state index < -0.39 is 0 Å². The van der Waals surface area contributed by atoms with Crippen LogP contribution in [0.25, 0.3) is 0 Å². The normalized spacial score (nSPS) is 31.7. The number of hydrogen-bond donors (Lipinski definition) is 2. The van der Waals surface area contributed by atoms with E-state index in [1.54, 1.807) is 0 Å². The van der Waals surface area contributed by atoms with Crippen LogP contribution in [0, 0.1) is 17.8 Å². The van der Waals surface area contributed by atoms with Gasteiger partial charge in [0.15, 0.2) is 0 Å². The van der Waals surface area contributed by atoms with Gasteiger partial charge in [0.1, 0.15) is 0 Å². The largest absolute Gasteiger partial charge is 0.327 e. The van der Waals surface area contributed by atoms with E-state index in [0.29, 0.717) is 17.9 Å². The van der Waals surface area contributed by atoms with Gasteiger partial charge in [-0.1, -0.05) is 31.5 Å². The smallest absolute Gasteiger partial charge is 0.227 e. The molecule has 2 atom stereocenters. The van der Waals surface area contributed by atoms with Crippen molar-refractivity contribution in [2.45, 2.75) is 51.5 Å². The van der Waals surface area contributed by atoms with Crippen LogP contribution >= 0.6 is 0 Å². The SMILES string of the molecule is CCc1ccccc1NC(=O)C1CC2CCCC(C1)C2N. The molecule has 1 aromatic rings. The Morgan fingerprint density at radius 2 is 1.90 bits per heavy atom. The average Bonchev–Trinajstić information content (AvgIpc) is 2.47. The molecule has 0 radical (unpaired) electrons. The minimum absolute atomic E-state index is 0.144. The first-order valence-corrected chi connectivity index (χ1v) is 8.33. The first-order valence-electron chi connectivity index (χ1n) is 8.33. The summed E-state index contributed by atoms with van der Waals surface area (Å²) in [5, 5.41) is 3.16. The molecule has 1 amide bonds. The zero-order valence-electron chi connectivity index (χ0n) is 12.8. The van der Waals surface area contributed by atoms with Gasteiger partial charge >= 0.3 is 0 Å². The Labute approximate surface area is 127 Å². The fourth-order valence-corrected chi connectivity index (χ4v) is 4.19. The van der Waals surface area contributed by atoms with Crippen LogP contribution in [0.4, 0.5) is 5.69 Å². The van der Waals surface area contributed by atoms with Crippen molar-refractivity contribution in [2.24, 2.45) is 23.5 Å². The minimum atomic E-state index is 0.144. The van der Waals surface area contributed by atoms with Gasteiger partial charge in [0.25, 0.3) is 0 Å². The molecule has 0 saturated heterocycles. The lowest BCUT2D eigenvalue weighted by Crippen LogP contribution is -2.48. The third-order valence-corrected chi connectivity index (χ3v) is 5.44. The Bertz CT molecular complexity index is 500. The van der Waals surface area contributed by atoms with Crippen LogP contribution in [0.5, 0.6) is 0 Å². The second kappa shape index (κ2) is 6.18. The highest BCUT2D eigenvalue weighted by atomic mass is 16.1. The first-order chi connectivity index (χ1) is 10.2. The quantitative estimate of drug-likeness (QED) is 0.895. The molecular weight excluding hydrogens is 260 g/mol. The lowest BCUT2D eigenvalue weighted by Gasteiger charge is -2.43. The molecule has 2 saturated carbocycles. The number of anilines is 1. The van der Waals surface area contributed by atoms with Crippen LogP contribution < -0.4 is 11.1 Å². The predicted molar refractivity (Wildman–Crippen MR) is 86.0 cm³/mol. The number of nitrogens with two attached hydrogens (primary N) is 1. The molecule has 114 valence electrons. The number of nitrogens with one attached hydrogen (secondary N) is 1. The highest BCUT2D eigenvalue weighted by molar-refractivity contribution is 5.93. The van der Waals surface area contributed by atoms with Gasteiger partial charge in [0.05, 0.1) is 0 Å². The van der Waals surface area contributed by atoms with Crippen molar-refractivity contribution >= 4 is 11.6 Å². The summed E-state index contributed by atoms with van der Waals surface area (Å²) in [6.45, 7) is 2.12. The Balaban J connectivity index is 1.68. The number of carbonyl (C=O) groups excluding carboxylic acids is 1. The Morgan fingerprint density at radius 3 is 2.57 bits per heavy atom.